The number of rotatable bonds is 4. The molecule has 100 valence electrons. The summed E-state index contributed by atoms with van der Waals surface area (Å²) in [4.78, 5) is 4.36. The van der Waals surface area contributed by atoms with Crippen LogP contribution in [0.2, 0.25) is 0 Å². The number of hydrogen-bond acceptors (Lipinski definition) is 3. The van der Waals surface area contributed by atoms with Crippen LogP contribution in [0.4, 0.5) is 0 Å². The summed E-state index contributed by atoms with van der Waals surface area (Å²) in [5.74, 6) is 2.48. The first-order valence-electron chi connectivity index (χ1n) is 7.00. The fraction of sp³-hybridized carbons (Fsp3) is 0.667. The molecule has 0 bridgehead atoms. The zero-order valence-corrected chi connectivity index (χ0v) is 11.4. The monoisotopic (exact) mass is 248 g/mol. The first-order chi connectivity index (χ1) is 8.69. The number of nitrogens with two attached hydrogens (primary N) is 1. The zero-order chi connectivity index (χ0) is 13.0. The van der Waals surface area contributed by atoms with Crippen LogP contribution in [0.3, 0.4) is 0 Å². The molecule has 3 heteroatoms. The van der Waals surface area contributed by atoms with Gasteiger partial charge in [0.2, 0.25) is 0 Å². The summed E-state index contributed by atoms with van der Waals surface area (Å²) in [5, 5.41) is 0. The van der Waals surface area contributed by atoms with E-state index in [0.717, 1.165) is 42.5 Å². The number of hydrogen-bond donors (Lipinski definition) is 1. The van der Waals surface area contributed by atoms with E-state index < -0.39 is 0 Å². The second kappa shape index (κ2) is 6.19. The SMILES string of the molecule is CC1CCC(Oc2ccc(CCN)nc2)CC1C. The van der Waals surface area contributed by atoms with Gasteiger partial charge in [-0.3, -0.25) is 4.98 Å². The molecule has 1 aliphatic rings. The molecule has 1 heterocycles. The van der Waals surface area contributed by atoms with Crippen molar-refractivity contribution in [2.45, 2.75) is 45.6 Å². The van der Waals surface area contributed by atoms with Gasteiger partial charge in [-0.15, -0.1) is 0 Å². The summed E-state index contributed by atoms with van der Waals surface area (Å²) in [7, 11) is 0. The highest BCUT2D eigenvalue weighted by atomic mass is 16.5. The molecular formula is C15H24N2O. The van der Waals surface area contributed by atoms with E-state index in [-0.39, 0.29) is 0 Å². The van der Waals surface area contributed by atoms with E-state index in [4.69, 9.17) is 10.5 Å². The second-order valence-corrected chi connectivity index (χ2v) is 5.53. The molecule has 0 aromatic carbocycles. The van der Waals surface area contributed by atoms with E-state index in [9.17, 15) is 0 Å². The highest BCUT2D eigenvalue weighted by Crippen LogP contribution is 2.31. The fourth-order valence-electron chi connectivity index (χ4n) is 2.57. The third-order valence-corrected chi connectivity index (χ3v) is 4.05. The molecule has 1 aliphatic carbocycles. The Morgan fingerprint density at radius 2 is 2.11 bits per heavy atom. The molecule has 2 rings (SSSR count). The molecule has 0 aliphatic heterocycles. The van der Waals surface area contributed by atoms with Crippen LogP contribution in [-0.2, 0) is 6.42 Å². The van der Waals surface area contributed by atoms with E-state index in [0.29, 0.717) is 12.6 Å². The summed E-state index contributed by atoms with van der Waals surface area (Å²) in [6.45, 7) is 5.30. The summed E-state index contributed by atoms with van der Waals surface area (Å²) in [6, 6.07) is 4.03. The molecule has 1 aromatic heterocycles. The molecule has 0 radical (unpaired) electrons. The lowest BCUT2D eigenvalue weighted by Gasteiger charge is -2.32. The zero-order valence-electron chi connectivity index (χ0n) is 11.4. The molecule has 18 heavy (non-hydrogen) atoms. The van der Waals surface area contributed by atoms with Gasteiger partial charge in [-0.1, -0.05) is 13.8 Å². The van der Waals surface area contributed by atoms with Crippen LogP contribution in [0.1, 0.15) is 38.8 Å². The second-order valence-electron chi connectivity index (χ2n) is 5.53. The van der Waals surface area contributed by atoms with Crippen molar-refractivity contribution in [2.24, 2.45) is 17.6 Å². The Labute approximate surface area is 110 Å². The Morgan fingerprint density at radius 1 is 1.28 bits per heavy atom. The van der Waals surface area contributed by atoms with Crippen LogP contribution in [0.5, 0.6) is 5.75 Å². The maximum Gasteiger partial charge on any atom is 0.138 e. The van der Waals surface area contributed by atoms with Crippen molar-refractivity contribution < 1.29 is 4.74 Å². The summed E-state index contributed by atoms with van der Waals surface area (Å²) < 4.78 is 6.01. The fourth-order valence-corrected chi connectivity index (χ4v) is 2.57. The predicted octanol–water partition coefficient (Wildman–Crippen LogP) is 2.79. The van der Waals surface area contributed by atoms with Gasteiger partial charge >= 0.3 is 0 Å². The Morgan fingerprint density at radius 3 is 2.72 bits per heavy atom. The van der Waals surface area contributed by atoms with Crippen LogP contribution in [0.15, 0.2) is 18.3 Å². The maximum atomic E-state index is 6.01. The summed E-state index contributed by atoms with van der Waals surface area (Å²) in [5.41, 5.74) is 6.54. The normalized spacial score (nSPS) is 28.1. The van der Waals surface area contributed by atoms with Crippen molar-refractivity contribution >= 4 is 0 Å². The Kier molecular flexibility index (Phi) is 4.59. The van der Waals surface area contributed by atoms with Crippen LogP contribution < -0.4 is 10.5 Å². The molecule has 0 amide bonds. The van der Waals surface area contributed by atoms with Crippen LogP contribution in [-0.4, -0.2) is 17.6 Å². The molecule has 3 atom stereocenters. The molecule has 3 unspecified atom stereocenters. The van der Waals surface area contributed by atoms with Crippen molar-refractivity contribution in [3.8, 4) is 5.75 Å². The van der Waals surface area contributed by atoms with Gasteiger partial charge < -0.3 is 10.5 Å². The number of nitrogens with zero attached hydrogens (tertiary/aromatic N) is 1. The van der Waals surface area contributed by atoms with Crippen molar-refractivity contribution in [3.05, 3.63) is 24.0 Å². The molecule has 0 saturated heterocycles. The highest BCUT2D eigenvalue weighted by Gasteiger charge is 2.25. The van der Waals surface area contributed by atoms with E-state index in [1.165, 1.54) is 6.42 Å². The standard InChI is InChI=1S/C15H24N2O/c1-11-3-5-14(9-12(11)2)18-15-6-4-13(7-8-16)17-10-15/h4,6,10-12,14H,3,5,7-9,16H2,1-2H3. The number of ether oxygens (including phenoxy) is 1. The molecule has 0 spiro atoms. The molecule has 1 saturated carbocycles. The van der Waals surface area contributed by atoms with E-state index in [1.54, 1.807) is 0 Å². The van der Waals surface area contributed by atoms with Gasteiger partial charge in [0.25, 0.3) is 0 Å². The lowest BCUT2D eigenvalue weighted by molar-refractivity contribution is 0.100. The van der Waals surface area contributed by atoms with Crippen LogP contribution in [0, 0.1) is 11.8 Å². The van der Waals surface area contributed by atoms with Gasteiger partial charge in [0.05, 0.1) is 12.3 Å². The first kappa shape index (κ1) is 13.3. The van der Waals surface area contributed by atoms with E-state index >= 15 is 0 Å². The third-order valence-electron chi connectivity index (χ3n) is 4.05. The maximum absolute atomic E-state index is 6.01. The minimum Gasteiger partial charge on any atom is -0.489 e. The van der Waals surface area contributed by atoms with Crippen molar-refractivity contribution in [2.75, 3.05) is 6.54 Å². The largest absolute Gasteiger partial charge is 0.489 e. The van der Waals surface area contributed by atoms with Gasteiger partial charge in [-0.2, -0.15) is 0 Å². The highest BCUT2D eigenvalue weighted by molar-refractivity contribution is 5.20. The van der Waals surface area contributed by atoms with Crippen molar-refractivity contribution in [3.63, 3.8) is 0 Å². The van der Waals surface area contributed by atoms with Gasteiger partial charge in [-0.05, 0) is 49.8 Å². The molecule has 3 nitrogen and oxygen atoms in total. The first-order valence-corrected chi connectivity index (χ1v) is 7.00. The Hall–Kier alpha value is -1.09. The average molecular weight is 248 g/mol. The smallest absolute Gasteiger partial charge is 0.138 e. The van der Waals surface area contributed by atoms with Gasteiger partial charge in [0.15, 0.2) is 0 Å². The molecule has 1 fully saturated rings. The lowest BCUT2D eigenvalue weighted by Crippen LogP contribution is -2.28. The minimum absolute atomic E-state index is 0.360. The average Bonchev–Trinajstić information content (AvgIpc) is 2.37. The summed E-state index contributed by atoms with van der Waals surface area (Å²) >= 11 is 0. The van der Waals surface area contributed by atoms with Crippen LogP contribution in [0.25, 0.3) is 0 Å². The van der Waals surface area contributed by atoms with Gasteiger partial charge in [-0.25, -0.2) is 0 Å². The quantitative estimate of drug-likeness (QED) is 0.891. The molecular weight excluding hydrogens is 224 g/mol. The van der Waals surface area contributed by atoms with E-state index in [1.807, 2.05) is 18.3 Å². The summed E-state index contributed by atoms with van der Waals surface area (Å²) in [6.07, 6.45) is 6.61. The molecule has 1 aromatic rings. The van der Waals surface area contributed by atoms with Crippen molar-refractivity contribution in [1.29, 1.82) is 0 Å². The minimum atomic E-state index is 0.360. The number of pyridine rings is 1. The lowest BCUT2D eigenvalue weighted by atomic mass is 9.80. The molecule has 2 N–H and O–H groups in total. The Balaban J connectivity index is 1.89. The predicted molar refractivity (Wildman–Crippen MR) is 73.6 cm³/mol. The Bertz CT molecular complexity index is 363. The van der Waals surface area contributed by atoms with E-state index in [2.05, 4.69) is 18.8 Å². The number of aromatic nitrogens is 1. The topological polar surface area (TPSA) is 48.1 Å². The van der Waals surface area contributed by atoms with Gasteiger partial charge in [0.1, 0.15) is 5.75 Å². The van der Waals surface area contributed by atoms with Crippen molar-refractivity contribution in [1.82, 2.24) is 4.98 Å². The van der Waals surface area contributed by atoms with Gasteiger partial charge in [0, 0.05) is 12.1 Å². The third kappa shape index (κ3) is 3.45. The van der Waals surface area contributed by atoms with Crippen LogP contribution >= 0.6 is 0 Å².